The first-order valence-corrected chi connectivity index (χ1v) is 6.79. The number of aliphatic carboxylic acids is 1. The van der Waals surface area contributed by atoms with E-state index in [0.29, 0.717) is 12.5 Å². The number of amides is 2. The Kier molecular flexibility index (Phi) is 4.17. The third-order valence-corrected chi connectivity index (χ3v) is 5.01. The van der Waals surface area contributed by atoms with E-state index in [2.05, 4.69) is 38.3 Å². The van der Waals surface area contributed by atoms with Crippen LogP contribution in [0.25, 0.3) is 0 Å². The van der Waals surface area contributed by atoms with Crippen molar-refractivity contribution < 1.29 is 14.7 Å². The first kappa shape index (κ1) is 15.8. The van der Waals surface area contributed by atoms with Crippen molar-refractivity contribution in [3.05, 3.63) is 0 Å². The second-order valence-corrected chi connectivity index (χ2v) is 6.91. The number of carboxylic acids is 1. The molecular formula is C14H26N2O3. The molecule has 0 heterocycles. The number of carboxylic acid groups (broad SMARTS) is 1. The molecule has 110 valence electrons. The van der Waals surface area contributed by atoms with Crippen molar-refractivity contribution in [2.24, 2.45) is 22.7 Å². The molecule has 2 amide bonds. The van der Waals surface area contributed by atoms with Crippen molar-refractivity contribution >= 4 is 12.0 Å². The van der Waals surface area contributed by atoms with Crippen molar-refractivity contribution in [2.45, 2.75) is 47.6 Å². The van der Waals surface area contributed by atoms with Crippen molar-refractivity contribution in [1.29, 1.82) is 0 Å². The number of hydrogen-bond donors (Lipinski definition) is 3. The average molecular weight is 270 g/mol. The maximum absolute atomic E-state index is 11.7. The molecule has 1 aliphatic rings. The molecular weight excluding hydrogens is 244 g/mol. The average Bonchev–Trinajstić information content (AvgIpc) is 2.62. The number of rotatable bonds is 5. The standard InChI is InChI=1S/C14H26N2O3/c1-8(2)10(11(17)18)16-12(19)15-7-9-13(3,4)14(9,5)6/h8-10H,7H2,1-6H3,(H,17,18)(H2,15,16,19)/t10-/m0/s1. The predicted octanol–water partition coefficient (Wildman–Crippen LogP) is 2.08. The van der Waals surface area contributed by atoms with E-state index in [1.54, 1.807) is 13.8 Å². The normalized spacial score (nSPS) is 21.8. The summed E-state index contributed by atoms with van der Waals surface area (Å²) in [5.41, 5.74) is 0.426. The van der Waals surface area contributed by atoms with Gasteiger partial charge >= 0.3 is 12.0 Å². The summed E-state index contributed by atoms with van der Waals surface area (Å²) >= 11 is 0. The highest BCUT2D eigenvalue weighted by Gasteiger charge is 2.64. The molecule has 1 rings (SSSR count). The molecule has 0 aromatic rings. The van der Waals surface area contributed by atoms with Crippen molar-refractivity contribution in [1.82, 2.24) is 10.6 Å². The molecule has 5 nitrogen and oxygen atoms in total. The van der Waals surface area contributed by atoms with Gasteiger partial charge in [-0.1, -0.05) is 41.5 Å². The van der Waals surface area contributed by atoms with E-state index in [0.717, 1.165) is 0 Å². The molecule has 0 aromatic carbocycles. The molecule has 0 radical (unpaired) electrons. The third kappa shape index (κ3) is 3.01. The zero-order chi connectivity index (χ0) is 15.0. The number of carbonyl (C=O) groups excluding carboxylic acids is 1. The lowest BCUT2D eigenvalue weighted by molar-refractivity contribution is -0.140. The van der Waals surface area contributed by atoms with Crippen molar-refractivity contribution in [3.63, 3.8) is 0 Å². The minimum absolute atomic E-state index is 0.142. The zero-order valence-electron chi connectivity index (χ0n) is 12.7. The van der Waals surface area contributed by atoms with Crippen LogP contribution >= 0.6 is 0 Å². The summed E-state index contributed by atoms with van der Waals surface area (Å²) in [5.74, 6) is -0.720. The van der Waals surface area contributed by atoms with Crippen LogP contribution in [0.3, 0.4) is 0 Å². The SMILES string of the molecule is CC(C)[C@H](NC(=O)NCC1C(C)(C)C1(C)C)C(=O)O. The van der Waals surface area contributed by atoms with Gasteiger partial charge in [0.1, 0.15) is 6.04 Å². The van der Waals surface area contributed by atoms with Gasteiger partial charge in [0.2, 0.25) is 0 Å². The molecule has 1 saturated carbocycles. The third-order valence-electron chi connectivity index (χ3n) is 5.01. The Labute approximate surface area is 115 Å². The van der Waals surface area contributed by atoms with Crippen LogP contribution in [0.2, 0.25) is 0 Å². The van der Waals surface area contributed by atoms with Crippen LogP contribution in [0.1, 0.15) is 41.5 Å². The Morgan fingerprint density at radius 1 is 1.16 bits per heavy atom. The maximum Gasteiger partial charge on any atom is 0.326 e. The first-order chi connectivity index (χ1) is 8.51. The summed E-state index contributed by atoms with van der Waals surface area (Å²) in [6.45, 7) is 12.9. The molecule has 5 heteroatoms. The van der Waals surface area contributed by atoms with Gasteiger partial charge in [-0.15, -0.1) is 0 Å². The number of hydrogen-bond acceptors (Lipinski definition) is 2. The quantitative estimate of drug-likeness (QED) is 0.715. The van der Waals surface area contributed by atoms with Crippen LogP contribution in [0.15, 0.2) is 0 Å². The molecule has 1 atom stereocenters. The fraction of sp³-hybridized carbons (Fsp3) is 0.857. The minimum Gasteiger partial charge on any atom is -0.480 e. The van der Waals surface area contributed by atoms with E-state index in [9.17, 15) is 9.59 Å². The maximum atomic E-state index is 11.7. The monoisotopic (exact) mass is 270 g/mol. The van der Waals surface area contributed by atoms with Crippen LogP contribution in [0, 0.1) is 22.7 Å². The summed E-state index contributed by atoms with van der Waals surface area (Å²) < 4.78 is 0. The summed E-state index contributed by atoms with van der Waals surface area (Å²) in [4.78, 5) is 22.7. The van der Waals surface area contributed by atoms with Crippen LogP contribution in [-0.2, 0) is 4.79 Å². The molecule has 1 aliphatic carbocycles. The highest BCUT2D eigenvalue weighted by Crippen LogP contribution is 2.67. The molecule has 3 N–H and O–H groups in total. The number of urea groups is 1. The number of nitrogens with one attached hydrogen (secondary N) is 2. The molecule has 0 unspecified atom stereocenters. The first-order valence-electron chi connectivity index (χ1n) is 6.79. The fourth-order valence-electron chi connectivity index (χ4n) is 2.74. The lowest BCUT2D eigenvalue weighted by atomic mass is 10.0. The summed E-state index contributed by atoms with van der Waals surface area (Å²) in [6, 6.07) is -1.25. The largest absolute Gasteiger partial charge is 0.480 e. The Bertz CT molecular complexity index is 361. The second kappa shape index (κ2) is 5.02. The Morgan fingerprint density at radius 3 is 1.95 bits per heavy atom. The van der Waals surface area contributed by atoms with Gasteiger partial charge in [-0.05, 0) is 22.7 Å². The van der Waals surface area contributed by atoms with Crippen LogP contribution in [-0.4, -0.2) is 29.7 Å². The van der Waals surface area contributed by atoms with Gasteiger partial charge < -0.3 is 15.7 Å². The lowest BCUT2D eigenvalue weighted by Gasteiger charge is -2.18. The van der Waals surface area contributed by atoms with Crippen LogP contribution in [0.5, 0.6) is 0 Å². The van der Waals surface area contributed by atoms with E-state index in [-0.39, 0.29) is 16.7 Å². The predicted molar refractivity (Wildman–Crippen MR) is 73.8 cm³/mol. The van der Waals surface area contributed by atoms with Gasteiger partial charge in [-0.3, -0.25) is 0 Å². The van der Waals surface area contributed by atoms with E-state index < -0.39 is 18.0 Å². The summed E-state index contributed by atoms with van der Waals surface area (Å²) in [6.07, 6.45) is 0. The fourth-order valence-corrected chi connectivity index (χ4v) is 2.74. The topological polar surface area (TPSA) is 78.4 Å². The molecule has 0 bridgehead atoms. The van der Waals surface area contributed by atoms with Crippen LogP contribution in [0.4, 0.5) is 4.79 Å². The second-order valence-electron chi connectivity index (χ2n) is 6.91. The molecule has 0 saturated heterocycles. The van der Waals surface area contributed by atoms with Gasteiger partial charge in [0.05, 0.1) is 0 Å². The van der Waals surface area contributed by atoms with E-state index in [1.165, 1.54) is 0 Å². The minimum atomic E-state index is -1.00. The van der Waals surface area contributed by atoms with Crippen molar-refractivity contribution in [3.8, 4) is 0 Å². The van der Waals surface area contributed by atoms with Gasteiger partial charge in [-0.2, -0.15) is 0 Å². The highest BCUT2D eigenvalue weighted by molar-refractivity contribution is 5.82. The Morgan fingerprint density at radius 2 is 1.63 bits per heavy atom. The molecule has 0 spiro atoms. The van der Waals surface area contributed by atoms with E-state index >= 15 is 0 Å². The van der Waals surface area contributed by atoms with E-state index in [4.69, 9.17) is 5.11 Å². The van der Waals surface area contributed by atoms with Gasteiger partial charge in [0.25, 0.3) is 0 Å². The van der Waals surface area contributed by atoms with E-state index in [1.807, 2.05) is 0 Å². The lowest BCUT2D eigenvalue weighted by Crippen LogP contribution is -2.49. The Balaban J connectivity index is 2.43. The molecule has 19 heavy (non-hydrogen) atoms. The molecule has 1 fully saturated rings. The van der Waals surface area contributed by atoms with Gasteiger partial charge in [-0.25, -0.2) is 9.59 Å². The van der Waals surface area contributed by atoms with Crippen LogP contribution < -0.4 is 10.6 Å². The number of carbonyl (C=O) groups is 2. The highest BCUT2D eigenvalue weighted by atomic mass is 16.4. The van der Waals surface area contributed by atoms with Crippen molar-refractivity contribution in [2.75, 3.05) is 6.54 Å². The van der Waals surface area contributed by atoms with Gasteiger partial charge in [0.15, 0.2) is 0 Å². The summed E-state index contributed by atoms with van der Waals surface area (Å²) in [7, 11) is 0. The zero-order valence-corrected chi connectivity index (χ0v) is 12.7. The van der Waals surface area contributed by atoms with Gasteiger partial charge in [0, 0.05) is 6.54 Å². The smallest absolute Gasteiger partial charge is 0.326 e. The molecule has 0 aliphatic heterocycles. The summed E-state index contributed by atoms with van der Waals surface area (Å²) in [5, 5.41) is 14.3. The Hall–Kier alpha value is -1.26. The molecule has 0 aromatic heterocycles.